The monoisotopic (exact) mass is 227 g/mol. The van der Waals surface area contributed by atoms with Crippen LogP contribution in [0.15, 0.2) is 24.3 Å². The van der Waals surface area contributed by atoms with E-state index in [4.69, 9.17) is 5.73 Å². The molecule has 1 nitrogen and oxygen atoms in total. The number of rotatable bonds is 5. The molecule has 1 aromatic rings. The van der Waals surface area contributed by atoms with Crippen LogP contribution in [0.4, 0.5) is 8.78 Å². The van der Waals surface area contributed by atoms with Gasteiger partial charge in [-0.1, -0.05) is 38.1 Å². The van der Waals surface area contributed by atoms with Crippen LogP contribution in [0.5, 0.6) is 0 Å². The molecule has 16 heavy (non-hydrogen) atoms. The van der Waals surface area contributed by atoms with E-state index in [-0.39, 0.29) is 18.5 Å². The average molecular weight is 227 g/mol. The molecule has 3 heteroatoms. The van der Waals surface area contributed by atoms with E-state index in [0.717, 1.165) is 12.0 Å². The highest BCUT2D eigenvalue weighted by Gasteiger charge is 2.30. The molecule has 1 rings (SSSR count). The van der Waals surface area contributed by atoms with E-state index >= 15 is 0 Å². The normalized spacial score (nSPS) is 13.8. The van der Waals surface area contributed by atoms with Crippen molar-refractivity contribution < 1.29 is 8.78 Å². The summed E-state index contributed by atoms with van der Waals surface area (Å²) in [5, 5.41) is 0. The summed E-state index contributed by atoms with van der Waals surface area (Å²) in [6, 6.07) is 6.59. The van der Waals surface area contributed by atoms with Gasteiger partial charge in [-0.2, -0.15) is 0 Å². The quantitative estimate of drug-likeness (QED) is 0.816. The largest absolute Gasteiger partial charge is 0.330 e. The molecule has 0 aliphatic rings. The van der Waals surface area contributed by atoms with Crippen LogP contribution < -0.4 is 5.73 Å². The fraction of sp³-hybridized carbons (Fsp3) is 0.538. The lowest BCUT2D eigenvalue weighted by atomic mass is 9.96. The topological polar surface area (TPSA) is 26.0 Å². The molecule has 0 aromatic heterocycles. The van der Waals surface area contributed by atoms with Gasteiger partial charge >= 0.3 is 0 Å². The predicted molar refractivity (Wildman–Crippen MR) is 62.7 cm³/mol. The Bertz CT molecular complexity index is 319. The number of nitrogens with two attached hydrogens (primary N) is 1. The summed E-state index contributed by atoms with van der Waals surface area (Å²) in [5.74, 6) is -2.39. The summed E-state index contributed by atoms with van der Waals surface area (Å²) < 4.78 is 27.0. The van der Waals surface area contributed by atoms with Crippen LogP contribution in [-0.4, -0.2) is 6.54 Å². The van der Waals surface area contributed by atoms with Crippen LogP contribution in [0.1, 0.15) is 43.7 Å². The first-order valence-electron chi connectivity index (χ1n) is 5.69. The van der Waals surface area contributed by atoms with Gasteiger partial charge in [0.15, 0.2) is 0 Å². The Hall–Kier alpha value is -0.960. The molecule has 0 aliphatic carbocycles. The zero-order valence-electron chi connectivity index (χ0n) is 9.84. The SMILES string of the molecule is CCC(C)c1ccc(C(F)(F)CCN)cc1. The maximum atomic E-state index is 13.5. The molecule has 0 saturated heterocycles. The molecular weight excluding hydrogens is 208 g/mol. The summed E-state index contributed by atoms with van der Waals surface area (Å²) in [4.78, 5) is 0. The third-order valence-corrected chi connectivity index (χ3v) is 2.97. The third kappa shape index (κ3) is 3.01. The van der Waals surface area contributed by atoms with Gasteiger partial charge in [0, 0.05) is 12.0 Å². The van der Waals surface area contributed by atoms with Crippen molar-refractivity contribution in [1.82, 2.24) is 0 Å². The van der Waals surface area contributed by atoms with Crippen LogP contribution >= 0.6 is 0 Å². The predicted octanol–water partition coefficient (Wildman–Crippen LogP) is 3.64. The minimum Gasteiger partial charge on any atom is -0.330 e. The Morgan fingerprint density at radius 3 is 2.25 bits per heavy atom. The van der Waals surface area contributed by atoms with Crippen LogP contribution in [0.2, 0.25) is 0 Å². The van der Waals surface area contributed by atoms with Crippen LogP contribution in [0, 0.1) is 0 Å². The first-order chi connectivity index (χ1) is 7.51. The fourth-order valence-electron chi connectivity index (χ4n) is 1.62. The van der Waals surface area contributed by atoms with Gasteiger partial charge in [0.1, 0.15) is 0 Å². The summed E-state index contributed by atoms with van der Waals surface area (Å²) in [5.41, 5.74) is 6.34. The molecular formula is C13H19F2N. The number of benzene rings is 1. The van der Waals surface area contributed by atoms with Crippen LogP contribution in [0.3, 0.4) is 0 Å². The van der Waals surface area contributed by atoms with E-state index in [2.05, 4.69) is 13.8 Å². The molecule has 0 heterocycles. The molecule has 0 bridgehead atoms. The summed E-state index contributed by atoms with van der Waals surface area (Å²) >= 11 is 0. The zero-order chi connectivity index (χ0) is 12.2. The van der Waals surface area contributed by atoms with Crippen LogP contribution in [-0.2, 0) is 5.92 Å². The highest BCUT2D eigenvalue weighted by atomic mass is 19.3. The van der Waals surface area contributed by atoms with Crippen molar-refractivity contribution in [2.45, 2.75) is 38.5 Å². The number of halogens is 2. The average Bonchev–Trinajstić information content (AvgIpc) is 2.28. The number of hydrogen-bond acceptors (Lipinski definition) is 1. The first-order valence-corrected chi connectivity index (χ1v) is 5.69. The molecule has 0 radical (unpaired) electrons. The summed E-state index contributed by atoms with van der Waals surface area (Å²) in [7, 11) is 0. The molecule has 0 saturated carbocycles. The minimum atomic E-state index is -2.80. The second-order valence-corrected chi connectivity index (χ2v) is 4.17. The minimum absolute atomic E-state index is 0.000113. The Morgan fingerprint density at radius 2 is 1.81 bits per heavy atom. The van der Waals surface area contributed by atoms with Crippen molar-refractivity contribution in [3.05, 3.63) is 35.4 Å². The molecule has 0 spiro atoms. The molecule has 90 valence electrons. The van der Waals surface area contributed by atoms with Crippen molar-refractivity contribution in [3.63, 3.8) is 0 Å². The molecule has 0 amide bonds. The molecule has 1 aromatic carbocycles. The number of hydrogen-bond donors (Lipinski definition) is 1. The Kier molecular flexibility index (Phi) is 4.42. The highest BCUT2D eigenvalue weighted by molar-refractivity contribution is 5.27. The second kappa shape index (κ2) is 5.39. The molecule has 0 fully saturated rings. The maximum absolute atomic E-state index is 13.5. The molecule has 2 N–H and O–H groups in total. The van der Waals surface area contributed by atoms with Gasteiger partial charge in [-0.25, -0.2) is 8.78 Å². The molecule has 1 unspecified atom stereocenters. The van der Waals surface area contributed by atoms with Crippen LogP contribution in [0.25, 0.3) is 0 Å². The summed E-state index contributed by atoms with van der Waals surface area (Å²) in [6.07, 6.45) is 0.716. The van der Waals surface area contributed by atoms with E-state index in [9.17, 15) is 8.78 Å². The van der Waals surface area contributed by atoms with Crippen molar-refractivity contribution in [2.24, 2.45) is 5.73 Å². The zero-order valence-corrected chi connectivity index (χ0v) is 9.84. The lowest BCUT2D eigenvalue weighted by Gasteiger charge is -2.17. The van der Waals surface area contributed by atoms with E-state index < -0.39 is 5.92 Å². The lowest BCUT2D eigenvalue weighted by molar-refractivity contribution is -0.0107. The van der Waals surface area contributed by atoms with Crippen molar-refractivity contribution in [3.8, 4) is 0 Å². The van der Waals surface area contributed by atoms with Gasteiger partial charge in [-0.3, -0.25) is 0 Å². The molecule has 0 aliphatic heterocycles. The van der Waals surface area contributed by atoms with E-state index in [1.165, 1.54) is 12.1 Å². The van der Waals surface area contributed by atoms with Crippen molar-refractivity contribution in [1.29, 1.82) is 0 Å². The molecule has 1 atom stereocenters. The van der Waals surface area contributed by atoms with Gasteiger partial charge in [-0.05, 0) is 24.4 Å². The van der Waals surface area contributed by atoms with Gasteiger partial charge in [0.2, 0.25) is 0 Å². The summed E-state index contributed by atoms with van der Waals surface area (Å²) in [6.45, 7) is 4.18. The van der Waals surface area contributed by atoms with Gasteiger partial charge in [0.25, 0.3) is 5.92 Å². The van der Waals surface area contributed by atoms with E-state index in [1.807, 2.05) is 0 Å². The Labute approximate surface area is 95.7 Å². The highest BCUT2D eigenvalue weighted by Crippen LogP contribution is 2.32. The maximum Gasteiger partial charge on any atom is 0.274 e. The fourth-order valence-corrected chi connectivity index (χ4v) is 1.62. The first kappa shape index (κ1) is 13.1. The smallest absolute Gasteiger partial charge is 0.274 e. The third-order valence-electron chi connectivity index (χ3n) is 2.97. The van der Waals surface area contributed by atoms with E-state index in [1.54, 1.807) is 12.1 Å². The van der Waals surface area contributed by atoms with Gasteiger partial charge in [0.05, 0.1) is 0 Å². The Morgan fingerprint density at radius 1 is 1.25 bits per heavy atom. The number of alkyl halides is 2. The van der Waals surface area contributed by atoms with Crippen molar-refractivity contribution >= 4 is 0 Å². The Balaban J connectivity index is 2.86. The standard InChI is InChI=1S/C13H19F2N/c1-3-10(2)11-4-6-12(7-5-11)13(14,15)8-9-16/h4-7,10H,3,8-9,16H2,1-2H3. The lowest BCUT2D eigenvalue weighted by Crippen LogP contribution is -2.18. The van der Waals surface area contributed by atoms with Gasteiger partial charge in [-0.15, -0.1) is 0 Å². The van der Waals surface area contributed by atoms with Crippen molar-refractivity contribution in [2.75, 3.05) is 6.54 Å². The van der Waals surface area contributed by atoms with E-state index in [0.29, 0.717) is 5.92 Å². The van der Waals surface area contributed by atoms with Gasteiger partial charge < -0.3 is 5.73 Å². The second-order valence-electron chi connectivity index (χ2n) is 4.17.